The van der Waals surface area contributed by atoms with Gasteiger partial charge in [-0.05, 0) is 58.7 Å². The number of aryl methyl sites for hydroxylation is 1. The Balaban J connectivity index is 2.45. The predicted octanol–water partition coefficient (Wildman–Crippen LogP) is 4.93. The predicted molar refractivity (Wildman–Crippen MR) is 89.5 cm³/mol. The summed E-state index contributed by atoms with van der Waals surface area (Å²) >= 11 is 14.1. The first-order valence-electron chi connectivity index (χ1n) is 5.70. The maximum absolute atomic E-state index is 13.4. The molecule has 104 valence electrons. The number of anilines is 2. The zero-order chi connectivity index (χ0) is 14.9. The minimum absolute atomic E-state index is 0.244. The van der Waals surface area contributed by atoms with Gasteiger partial charge < -0.3 is 11.1 Å². The minimum Gasteiger partial charge on any atom is -0.389 e. The molecule has 0 atom stereocenters. The van der Waals surface area contributed by atoms with Gasteiger partial charge in [0.1, 0.15) is 10.8 Å². The molecule has 3 N–H and O–H groups in total. The van der Waals surface area contributed by atoms with Gasteiger partial charge in [-0.25, -0.2) is 4.39 Å². The molecule has 2 aromatic carbocycles. The average Bonchev–Trinajstić information content (AvgIpc) is 2.37. The Labute approximate surface area is 135 Å². The van der Waals surface area contributed by atoms with E-state index in [1.54, 1.807) is 24.3 Å². The Bertz CT molecular complexity index is 691. The fourth-order valence-electron chi connectivity index (χ4n) is 1.76. The molecule has 0 heterocycles. The number of hydrogen-bond donors (Lipinski definition) is 2. The van der Waals surface area contributed by atoms with Gasteiger partial charge in [0.15, 0.2) is 0 Å². The number of nitrogens with two attached hydrogens (primary N) is 1. The number of halogens is 3. The quantitative estimate of drug-likeness (QED) is 0.749. The first kappa shape index (κ1) is 15.2. The summed E-state index contributed by atoms with van der Waals surface area (Å²) in [5.41, 5.74) is 8.60. The maximum Gasteiger partial charge on any atom is 0.137 e. The van der Waals surface area contributed by atoms with Gasteiger partial charge in [0.05, 0.1) is 4.47 Å². The van der Waals surface area contributed by atoms with Gasteiger partial charge in [0.2, 0.25) is 0 Å². The molecule has 0 aliphatic carbocycles. The van der Waals surface area contributed by atoms with Crippen molar-refractivity contribution in [3.05, 3.63) is 56.8 Å². The molecule has 0 unspecified atom stereocenters. The summed E-state index contributed by atoms with van der Waals surface area (Å²) in [5.74, 6) is -0.307. The first-order valence-corrected chi connectivity index (χ1v) is 7.28. The van der Waals surface area contributed by atoms with Crippen molar-refractivity contribution in [3.8, 4) is 0 Å². The monoisotopic (exact) mass is 372 g/mol. The van der Waals surface area contributed by atoms with Gasteiger partial charge in [0.25, 0.3) is 0 Å². The van der Waals surface area contributed by atoms with Crippen LogP contribution in [0.2, 0.25) is 5.02 Å². The molecule has 0 aromatic heterocycles. The molecule has 2 nitrogen and oxygen atoms in total. The van der Waals surface area contributed by atoms with Crippen molar-refractivity contribution in [1.29, 1.82) is 0 Å². The van der Waals surface area contributed by atoms with Crippen molar-refractivity contribution >= 4 is 56.1 Å². The highest BCUT2D eigenvalue weighted by Gasteiger charge is 2.10. The highest BCUT2D eigenvalue weighted by atomic mass is 79.9. The third-order valence-electron chi connectivity index (χ3n) is 2.78. The van der Waals surface area contributed by atoms with Crippen LogP contribution in [0.3, 0.4) is 0 Å². The van der Waals surface area contributed by atoms with E-state index in [1.165, 1.54) is 6.07 Å². The number of rotatable bonds is 3. The largest absolute Gasteiger partial charge is 0.389 e. The molecule has 0 spiro atoms. The Morgan fingerprint density at radius 3 is 2.65 bits per heavy atom. The summed E-state index contributed by atoms with van der Waals surface area (Å²) in [6.07, 6.45) is 0. The molecule has 0 aliphatic heterocycles. The van der Waals surface area contributed by atoms with Crippen LogP contribution in [-0.2, 0) is 0 Å². The summed E-state index contributed by atoms with van der Waals surface area (Å²) in [4.78, 5) is 0.244. The highest BCUT2D eigenvalue weighted by Crippen LogP contribution is 2.29. The molecule has 0 aliphatic rings. The van der Waals surface area contributed by atoms with E-state index in [9.17, 15) is 4.39 Å². The lowest BCUT2D eigenvalue weighted by molar-refractivity contribution is 0.620. The fourth-order valence-corrected chi connectivity index (χ4v) is 2.44. The second kappa shape index (κ2) is 6.08. The van der Waals surface area contributed by atoms with Crippen LogP contribution in [-0.4, -0.2) is 4.99 Å². The van der Waals surface area contributed by atoms with E-state index in [1.807, 2.05) is 6.92 Å². The van der Waals surface area contributed by atoms with Crippen LogP contribution in [0.1, 0.15) is 11.1 Å². The topological polar surface area (TPSA) is 38.0 Å². The molecule has 0 fully saturated rings. The SMILES string of the molecule is Cc1cc(F)c(Br)cc1Nc1ccc(Cl)cc1C(N)=S. The Hall–Kier alpha value is -1.17. The molecule has 0 amide bonds. The first-order chi connectivity index (χ1) is 9.38. The molecule has 0 saturated carbocycles. The lowest BCUT2D eigenvalue weighted by Gasteiger charge is -2.14. The number of nitrogens with one attached hydrogen (secondary N) is 1. The van der Waals surface area contributed by atoms with E-state index in [-0.39, 0.29) is 10.8 Å². The fraction of sp³-hybridized carbons (Fsp3) is 0.0714. The maximum atomic E-state index is 13.4. The van der Waals surface area contributed by atoms with Gasteiger partial charge in [-0.3, -0.25) is 0 Å². The van der Waals surface area contributed by atoms with Gasteiger partial charge >= 0.3 is 0 Å². The van der Waals surface area contributed by atoms with Crippen molar-refractivity contribution in [1.82, 2.24) is 0 Å². The van der Waals surface area contributed by atoms with E-state index in [0.29, 0.717) is 15.1 Å². The van der Waals surface area contributed by atoms with Crippen molar-refractivity contribution in [2.45, 2.75) is 6.92 Å². The van der Waals surface area contributed by atoms with Crippen molar-refractivity contribution < 1.29 is 4.39 Å². The van der Waals surface area contributed by atoms with Crippen LogP contribution in [0.4, 0.5) is 15.8 Å². The molecular weight excluding hydrogens is 363 g/mol. The lowest BCUT2D eigenvalue weighted by Crippen LogP contribution is -2.12. The standard InChI is InChI=1S/C14H11BrClFN2S/c1-7-4-11(17)10(15)6-13(7)19-12-3-2-8(16)5-9(12)14(18)20/h2-6,19H,1H3,(H2,18,20). The van der Waals surface area contributed by atoms with Gasteiger partial charge in [-0.1, -0.05) is 23.8 Å². The van der Waals surface area contributed by atoms with Crippen LogP contribution in [0, 0.1) is 12.7 Å². The van der Waals surface area contributed by atoms with Crippen LogP contribution in [0.15, 0.2) is 34.8 Å². The zero-order valence-corrected chi connectivity index (χ0v) is 13.7. The second-order valence-corrected chi connectivity index (χ2v) is 5.99. The minimum atomic E-state index is -0.307. The normalized spacial score (nSPS) is 10.4. The lowest BCUT2D eigenvalue weighted by atomic mass is 10.1. The zero-order valence-electron chi connectivity index (χ0n) is 10.5. The van der Waals surface area contributed by atoms with E-state index in [4.69, 9.17) is 29.6 Å². The smallest absolute Gasteiger partial charge is 0.137 e. The Morgan fingerprint density at radius 2 is 2.00 bits per heavy atom. The van der Waals surface area contributed by atoms with Crippen molar-refractivity contribution in [2.75, 3.05) is 5.32 Å². The summed E-state index contributed by atoms with van der Waals surface area (Å²) in [6.45, 7) is 1.81. The molecule has 0 radical (unpaired) electrons. The molecule has 6 heteroatoms. The van der Waals surface area contributed by atoms with Crippen molar-refractivity contribution in [2.24, 2.45) is 5.73 Å². The van der Waals surface area contributed by atoms with Gasteiger partial charge in [0, 0.05) is 22.0 Å². The molecule has 20 heavy (non-hydrogen) atoms. The van der Waals surface area contributed by atoms with Crippen LogP contribution in [0.5, 0.6) is 0 Å². The summed E-state index contributed by atoms with van der Waals surface area (Å²) in [5, 5.41) is 3.75. The molecule has 0 bridgehead atoms. The molecule has 2 aromatic rings. The van der Waals surface area contributed by atoms with Gasteiger partial charge in [-0.15, -0.1) is 0 Å². The molecule has 0 saturated heterocycles. The van der Waals surface area contributed by atoms with Gasteiger partial charge in [-0.2, -0.15) is 0 Å². The van der Waals surface area contributed by atoms with Crippen molar-refractivity contribution in [3.63, 3.8) is 0 Å². The van der Waals surface area contributed by atoms with E-state index in [2.05, 4.69) is 21.2 Å². The number of benzene rings is 2. The Kier molecular flexibility index (Phi) is 4.62. The Morgan fingerprint density at radius 1 is 1.30 bits per heavy atom. The summed E-state index contributed by atoms with van der Waals surface area (Å²) < 4.78 is 13.8. The molecular formula is C14H11BrClFN2S. The number of hydrogen-bond acceptors (Lipinski definition) is 2. The van der Waals surface area contributed by atoms with Crippen LogP contribution >= 0.6 is 39.7 Å². The van der Waals surface area contributed by atoms with E-state index < -0.39 is 0 Å². The third-order valence-corrected chi connectivity index (χ3v) is 3.85. The molecule has 2 rings (SSSR count). The summed E-state index contributed by atoms with van der Waals surface area (Å²) in [7, 11) is 0. The highest BCUT2D eigenvalue weighted by molar-refractivity contribution is 9.10. The second-order valence-electron chi connectivity index (χ2n) is 4.26. The van der Waals surface area contributed by atoms with E-state index >= 15 is 0 Å². The number of thiocarbonyl (C=S) groups is 1. The van der Waals surface area contributed by atoms with Crippen LogP contribution < -0.4 is 11.1 Å². The van der Waals surface area contributed by atoms with Crippen LogP contribution in [0.25, 0.3) is 0 Å². The van der Waals surface area contributed by atoms with E-state index in [0.717, 1.165) is 16.9 Å². The average molecular weight is 374 g/mol. The third kappa shape index (κ3) is 3.29. The summed E-state index contributed by atoms with van der Waals surface area (Å²) in [6, 6.07) is 8.33.